The summed E-state index contributed by atoms with van der Waals surface area (Å²) in [7, 11) is 0. The monoisotopic (exact) mass is 256 g/mol. The molecule has 0 saturated heterocycles. The number of pyridine rings is 1. The number of carbonyl (C=O) groups is 1. The van der Waals surface area contributed by atoms with Crippen LogP contribution in [0.5, 0.6) is 0 Å². The maximum atomic E-state index is 10.7. The summed E-state index contributed by atoms with van der Waals surface area (Å²) < 4.78 is 0. The zero-order chi connectivity index (χ0) is 13.7. The molecule has 0 aliphatic rings. The van der Waals surface area contributed by atoms with E-state index in [9.17, 15) is 4.79 Å². The number of carboxylic acids is 1. The predicted octanol–water partition coefficient (Wildman–Crippen LogP) is 2.38. The molecule has 4 heteroatoms. The van der Waals surface area contributed by atoms with Gasteiger partial charge in [0.2, 0.25) is 0 Å². The molecular formula is C15H16N2O2. The van der Waals surface area contributed by atoms with Crippen molar-refractivity contribution in [2.45, 2.75) is 20.0 Å². The van der Waals surface area contributed by atoms with Crippen molar-refractivity contribution in [1.29, 1.82) is 0 Å². The summed E-state index contributed by atoms with van der Waals surface area (Å²) in [6.07, 6.45) is 0. The highest BCUT2D eigenvalue weighted by atomic mass is 16.4. The number of aromatic nitrogens is 1. The predicted molar refractivity (Wildman–Crippen MR) is 72.9 cm³/mol. The lowest BCUT2D eigenvalue weighted by atomic mass is 10.1. The maximum Gasteiger partial charge on any atom is 0.335 e. The highest BCUT2D eigenvalue weighted by molar-refractivity contribution is 5.87. The number of benzene rings is 1. The molecule has 0 saturated carbocycles. The smallest absolute Gasteiger partial charge is 0.335 e. The SMILES string of the molecule is Cc1cccc(CNCc2ccc(C(=O)O)cc2)n1. The molecule has 1 aromatic heterocycles. The Kier molecular flexibility index (Phi) is 4.26. The number of aryl methyl sites for hydroxylation is 1. The van der Waals surface area contributed by atoms with Gasteiger partial charge in [-0.25, -0.2) is 4.79 Å². The molecule has 1 heterocycles. The van der Waals surface area contributed by atoms with Crippen LogP contribution in [-0.4, -0.2) is 16.1 Å². The zero-order valence-corrected chi connectivity index (χ0v) is 10.8. The van der Waals surface area contributed by atoms with Crippen LogP contribution in [0.1, 0.15) is 27.3 Å². The first-order valence-electron chi connectivity index (χ1n) is 6.10. The van der Waals surface area contributed by atoms with Crippen LogP contribution in [0.4, 0.5) is 0 Å². The summed E-state index contributed by atoms with van der Waals surface area (Å²) in [5.74, 6) is -0.900. The van der Waals surface area contributed by atoms with Gasteiger partial charge in [0.25, 0.3) is 0 Å². The number of rotatable bonds is 5. The third-order valence-electron chi connectivity index (χ3n) is 2.78. The Balaban J connectivity index is 1.87. The van der Waals surface area contributed by atoms with E-state index in [4.69, 9.17) is 5.11 Å². The third-order valence-corrected chi connectivity index (χ3v) is 2.78. The summed E-state index contributed by atoms with van der Waals surface area (Å²) in [4.78, 5) is 15.1. The van der Waals surface area contributed by atoms with Crippen LogP contribution in [0.3, 0.4) is 0 Å². The summed E-state index contributed by atoms with van der Waals surface area (Å²) >= 11 is 0. The Morgan fingerprint density at radius 1 is 1.16 bits per heavy atom. The molecule has 2 N–H and O–H groups in total. The fraction of sp³-hybridized carbons (Fsp3) is 0.200. The minimum atomic E-state index is -0.900. The third kappa shape index (κ3) is 3.89. The Morgan fingerprint density at radius 2 is 1.89 bits per heavy atom. The van der Waals surface area contributed by atoms with Crippen molar-refractivity contribution in [2.75, 3.05) is 0 Å². The van der Waals surface area contributed by atoms with Crippen molar-refractivity contribution in [3.63, 3.8) is 0 Å². The Bertz CT molecular complexity index is 565. The standard InChI is InChI=1S/C15H16N2O2/c1-11-3-2-4-14(17-11)10-16-9-12-5-7-13(8-6-12)15(18)19/h2-8,16H,9-10H2,1H3,(H,18,19). The van der Waals surface area contributed by atoms with Crippen LogP contribution in [0, 0.1) is 6.92 Å². The van der Waals surface area contributed by atoms with Crippen LogP contribution < -0.4 is 5.32 Å². The van der Waals surface area contributed by atoms with Gasteiger partial charge >= 0.3 is 5.97 Å². The van der Waals surface area contributed by atoms with Gasteiger partial charge in [0.05, 0.1) is 11.3 Å². The van der Waals surface area contributed by atoms with Gasteiger partial charge in [-0.3, -0.25) is 4.98 Å². The van der Waals surface area contributed by atoms with E-state index in [1.54, 1.807) is 12.1 Å². The van der Waals surface area contributed by atoms with Crippen molar-refractivity contribution < 1.29 is 9.90 Å². The lowest BCUT2D eigenvalue weighted by molar-refractivity contribution is 0.0697. The molecule has 0 radical (unpaired) electrons. The van der Waals surface area contributed by atoms with Crippen molar-refractivity contribution in [3.8, 4) is 0 Å². The van der Waals surface area contributed by atoms with Gasteiger partial charge in [-0.2, -0.15) is 0 Å². The second kappa shape index (κ2) is 6.11. The highest BCUT2D eigenvalue weighted by Gasteiger charge is 2.01. The molecule has 0 amide bonds. The molecule has 2 aromatic rings. The van der Waals surface area contributed by atoms with Gasteiger partial charge in [-0.1, -0.05) is 18.2 Å². The average Bonchev–Trinajstić information content (AvgIpc) is 2.39. The molecule has 0 atom stereocenters. The van der Waals surface area contributed by atoms with Crippen LogP contribution in [-0.2, 0) is 13.1 Å². The lowest BCUT2D eigenvalue weighted by Gasteiger charge is -2.05. The number of carboxylic acid groups (broad SMARTS) is 1. The van der Waals surface area contributed by atoms with Gasteiger partial charge in [-0.05, 0) is 36.8 Å². The van der Waals surface area contributed by atoms with E-state index in [1.165, 1.54) is 0 Å². The first-order chi connectivity index (χ1) is 9.15. The molecule has 2 rings (SSSR count). The minimum absolute atomic E-state index is 0.309. The molecule has 0 spiro atoms. The van der Waals surface area contributed by atoms with Crippen molar-refractivity contribution in [1.82, 2.24) is 10.3 Å². The molecule has 98 valence electrons. The van der Waals surface area contributed by atoms with E-state index in [-0.39, 0.29) is 0 Å². The van der Waals surface area contributed by atoms with E-state index in [1.807, 2.05) is 37.3 Å². The number of hydrogen-bond acceptors (Lipinski definition) is 3. The first kappa shape index (κ1) is 13.2. The van der Waals surface area contributed by atoms with Gasteiger partial charge in [0.15, 0.2) is 0 Å². The molecular weight excluding hydrogens is 240 g/mol. The van der Waals surface area contributed by atoms with Crippen LogP contribution in [0.2, 0.25) is 0 Å². The van der Waals surface area contributed by atoms with E-state index in [0.717, 1.165) is 17.0 Å². The van der Waals surface area contributed by atoms with Gasteiger partial charge in [0, 0.05) is 18.8 Å². The number of nitrogens with one attached hydrogen (secondary N) is 1. The minimum Gasteiger partial charge on any atom is -0.478 e. The van der Waals surface area contributed by atoms with Gasteiger partial charge < -0.3 is 10.4 Å². The molecule has 0 aliphatic carbocycles. The van der Waals surface area contributed by atoms with Crippen molar-refractivity contribution in [2.24, 2.45) is 0 Å². The fourth-order valence-corrected chi connectivity index (χ4v) is 1.80. The topological polar surface area (TPSA) is 62.2 Å². The maximum absolute atomic E-state index is 10.7. The summed E-state index contributed by atoms with van der Waals surface area (Å²) in [5, 5.41) is 12.1. The molecule has 1 aromatic carbocycles. The van der Waals surface area contributed by atoms with Gasteiger partial charge in [-0.15, -0.1) is 0 Å². The van der Waals surface area contributed by atoms with E-state index >= 15 is 0 Å². The number of hydrogen-bond donors (Lipinski definition) is 2. The van der Waals surface area contributed by atoms with E-state index < -0.39 is 5.97 Å². The average molecular weight is 256 g/mol. The van der Waals surface area contributed by atoms with E-state index in [2.05, 4.69) is 10.3 Å². The Hall–Kier alpha value is -2.20. The first-order valence-corrected chi connectivity index (χ1v) is 6.10. The zero-order valence-electron chi connectivity index (χ0n) is 10.8. The van der Waals surface area contributed by atoms with E-state index in [0.29, 0.717) is 18.7 Å². The summed E-state index contributed by atoms with van der Waals surface area (Å²) in [5.41, 5.74) is 3.37. The Labute approximate surface area is 112 Å². The second-order valence-electron chi connectivity index (χ2n) is 4.38. The summed E-state index contributed by atoms with van der Waals surface area (Å²) in [6, 6.07) is 12.8. The highest BCUT2D eigenvalue weighted by Crippen LogP contribution is 2.05. The van der Waals surface area contributed by atoms with Crippen LogP contribution in [0.25, 0.3) is 0 Å². The Morgan fingerprint density at radius 3 is 2.53 bits per heavy atom. The number of aromatic carboxylic acids is 1. The molecule has 4 nitrogen and oxygen atoms in total. The molecule has 19 heavy (non-hydrogen) atoms. The molecule has 0 unspecified atom stereocenters. The number of nitrogens with zero attached hydrogens (tertiary/aromatic N) is 1. The van der Waals surface area contributed by atoms with Gasteiger partial charge in [0.1, 0.15) is 0 Å². The second-order valence-corrected chi connectivity index (χ2v) is 4.38. The summed E-state index contributed by atoms with van der Waals surface area (Å²) in [6.45, 7) is 3.35. The normalized spacial score (nSPS) is 10.4. The quantitative estimate of drug-likeness (QED) is 0.862. The van der Waals surface area contributed by atoms with Crippen molar-refractivity contribution >= 4 is 5.97 Å². The molecule has 0 fully saturated rings. The largest absolute Gasteiger partial charge is 0.478 e. The molecule has 0 aliphatic heterocycles. The van der Waals surface area contributed by atoms with Crippen LogP contribution >= 0.6 is 0 Å². The van der Waals surface area contributed by atoms with Crippen molar-refractivity contribution in [3.05, 3.63) is 65.0 Å². The van der Waals surface area contributed by atoms with Crippen LogP contribution in [0.15, 0.2) is 42.5 Å². The lowest BCUT2D eigenvalue weighted by Crippen LogP contribution is -2.14. The fourth-order valence-electron chi connectivity index (χ4n) is 1.80. The molecule has 0 bridgehead atoms.